The van der Waals surface area contributed by atoms with Crippen LogP contribution in [0.25, 0.3) is 11.1 Å². The van der Waals surface area contributed by atoms with Gasteiger partial charge in [0, 0.05) is 24.9 Å². The summed E-state index contributed by atoms with van der Waals surface area (Å²) in [5.41, 5.74) is 4.41. The van der Waals surface area contributed by atoms with E-state index in [9.17, 15) is 14.4 Å². The molecule has 1 aliphatic rings. The first-order valence-corrected chi connectivity index (χ1v) is 11.1. The van der Waals surface area contributed by atoms with Crippen molar-refractivity contribution in [2.45, 2.75) is 18.9 Å². The number of aromatic nitrogens is 1. The molecule has 3 aromatic rings. The standard InChI is InChI=1S/C25H25N3O7/c29-23(27-14-16-13-22(24(30)31)28-35-16)9-11-33-12-10-26-25(32)34-15-21-19-7-3-1-5-17(19)18-6-2-4-8-20(18)21/h1-8,13,21H,9-12,14-15H2,(H,26,32)(H,27,29)(H,30,31). The summed E-state index contributed by atoms with van der Waals surface area (Å²) in [6.45, 7) is 0.896. The minimum absolute atomic E-state index is 0.00409. The van der Waals surface area contributed by atoms with Crippen molar-refractivity contribution in [1.82, 2.24) is 15.8 Å². The average Bonchev–Trinajstić information content (AvgIpc) is 3.47. The highest BCUT2D eigenvalue weighted by Gasteiger charge is 2.28. The summed E-state index contributed by atoms with van der Waals surface area (Å²) in [6, 6.07) is 17.5. The average molecular weight is 479 g/mol. The smallest absolute Gasteiger partial charge is 0.407 e. The summed E-state index contributed by atoms with van der Waals surface area (Å²) < 4.78 is 15.6. The molecule has 0 radical (unpaired) electrons. The minimum Gasteiger partial charge on any atom is -0.476 e. The second-order valence-corrected chi connectivity index (χ2v) is 7.88. The Hall–Kier alpha value is -4.18. The number of rotatable bonds is 11. The van der Waals surface area contributed by atoms with Crippen LogP contribution in [-0.2, 0) is 20.8 Å². The molecule has 0 fully saturated rings. The molecule has 0 spiro atoms. The molecule has 0 aliphatic heterocycles. The fourth-order valence-corrected chi connectivity index (χ4v) is 3.91. The third-order valence-corrected chi connectivity index (χ3v) is 5.57. The maximum atomic E-state index is 12.1. The molecular formula is C25H25N3O7. The van der Waals surface area contributed by atoms with Crippen LogP contribution >= 0.6 is 0 Å². The van der Waals surface area contributed by atoms with E-state index in [0.717, 1.165) is 11.1 Å². The predicted octanol–water partition coefficient (Wildman–Crippen LogP) is 2.93. The van der Waals surface area contributed by atoms with Crippen LogP contribution in [-0.4, -0.2) is 54.6 Å². The Bertz CT molecular complexity index is 1160. The van der Waals surface area contributed by atoms with Crippen LogP contribution in [0.5, 0.6) is 0 Å². The van der Waals surface area contributed by atoms with Gasteiger partial charge >= 0.3 is 12.1 Å². The number of benzene rings is 2. The van der Waals surface area contributed by atoms with Crippen molar-refractivity contribution in [2.75, 3.05) is 26.4 Å². The minimum atomic E-state index is -1.20. The molecule has 35 heavy (non-hydrogen) atoms. The number of carboxylic acids is 1. The lowest BCUT2D eigenvalue weighted by molar-refractivity contribution is -0.122. The largest absolute Gasteiger partial charge is 0.476 e. The topological polar surface area (TPSA) is 140 Å². The lowest BCUT2D eigenvalue weighted by Gasteiger charge is -2.14. The van der Waals surface area contributed by atoms with E-state index in [4.69, 9.17) is 19.1 Å². The third kappa shape index (κ3) is 6.04. The summed E-state index contributed by atoms with van der Waals surface area (Å²) in [4.78, 5) is 34.7. The van der Waals surface area contributed by atoms with Crippen molar-refractivity contribution in [3.05, 3.63) is 77.2 Å². The Morgan fingerprint density at radius 3 is 2.31 bits per heavy atom. The lowest BCUT2D eigenvalue weighted by Crippen LogP contribution is -2.29. The molecule has 2 aromatic carbocycles. The number of ether oxygens (including phenoxy) is 2. The van der Waals surface area contributed by atoms with Crippen LogP contribution < -0.4 is 10.6 Å². The molecule has 1 aromatic heterocycles. The lowest BCUT2D eigenvalue weighted by atomic mass is 9.98. The predicted molar refractivity (Wildman–Crippen MR) is 124 cm³/mol. The molecule has 10 heteroatoms. The highest BCUT2D eigenvalue weighted by Crippen LogP contribution is 2.44. The number of nitrogens with zero attached hydrogens (tertiary/aromatic N) is 1. The van der Waals surface area contributed by atoms with Crippen molar-refractivity contribution in [3.8, 4) is 11.1 Å². The molecule has 3 N–H and O–H groups in total. The van der Waals surface area contributed by atoms with Gasteiger partial charge in [-0.05, 0) is 22.3 Å². The molecular weight excluding hydrogens is 454 g/mol. The zero-order valence-electron chi connectivity index (χ0n) is 18.9. The molecule has 0 saturated carbocycles. The maximum Gasteiger partial charge on any atom is 0.407 e. The molecule has 4 rings (SSSR count). The zero-order chi connectivity index (χ0) is 24.6. The Balaban J connectivity index is 1.10. The van der Waals surface area contributed by atoms with E-state index in [2.05, 4.69) is 40.1 Å². The first-order valence-electron chi connectivity index (χ1n) is 11.1. The van der Waals surface area contributed by atoms with Gasteiger partial charge in [-0.3, -0.25) is 4.79 Å². The van der Waals surface area contributed by atoms with E-state index in [1.54, 1.807) is 0 Å². The highest BCUT2D eigenvalue weighted by atomic mass is 16.5. The van der Waals surface area contributed by atoms with Gasteiger partial charge in [-0.15, -0.1) is 0 Å². The normalized spacial score (nSPS) is 12.0. The molecule has 10 nitrogen and oxygen atoms in total. The number of fused-ring (bicyclic) bond motifs is 3. The Kier molecular flexibility index (Phi) is 7.74. The first-order chi connectivity index (χ1) is 17.0. The molecule has 1 heterocycles. The monoisotopic (exact) mass is 479 g/mol. The van der Waals surface area contributed by atoms with E-state index in [1.165, 1.54) is 17.2 Å². The number of carboxylic acid groups (broad SMARTS) is 1. The molecule has 0 saturated heterocycles. The van der Waals surface area contributed by atoms with Crippen molar-refractivity contribution in [2.24, 2.45) is 0 Å². The fraction of sp³-hybridized carbons (Fsp3) is 0.280. The van der Waals surface area contributed by atoms with Crippen LogP contribution in [0.4, 0.5) is 4.79 Å². The molecule has 0 atom stereocenters. The summed E-state index contributed by atoms with van der Waals surface area (Å²) >= 11 is 0. The maximum absolute atomic E-state index is 12.1. The van der Waals surface area contributed by atoms with Gasteiger partial charge in [-0.25, -0.2) is 9.59 Å². The molecule has 182 valence electrons. The van der Waals surface area contributed by atoms with Gasteiger partial charge in [0.25, 0.3) is 0 Å². The first kappa shape index (κ1) is 24.0. The van der Waals surface area contributed by atoms with Crippen LogP contribution in [0.1, 0.15) is 39.7 Å². The SMILES string of the molecule is O=C(CCOCCNC(=O)OCC1c2ccccc2-c2ccccc21)NCc1cc(C(=O)O)no1. The number of nitrogens with one attached hydrogen (secondary N) is 2. The van der Waals surface area contributed by atoms with Crippen molar-refractivity contribution >= 4 is 18.0 Å². The van der Waals surface area contributed by atoms with Gasteiger partial charge in [0.05, 0.1) is 19.8 Å². The summed E-state index contributed by atoms with van der Waals surface area (Å²) in [7, 11) is 0. The number of carbonyl (C=O) groups excluding carboxylic acids is 2. The molecule has 2 amide bonds. The van der Waals surface area contributed by atoms with Crippen molar-refractivity contribution in [1.29, 1.82) is 0 Å². The second-order valence-electron chi connectivity index (χ2n) is 7.88. The number of amides is 2. The Labute approximate surface area is 201 Å². The fourth-order valence-electron chi connectivity index (χ4n) is 3.91. The van der Waals surface area contributed by atoms with Gasteiger partial charge in [0.1, 0.15) is 6.61 Å². The molecule has 0 bridgehead atoms. The van der Waals surface area contributed by atoms with Gasteiger partial charge in [0.2, 0.25) is 5.91 Å². The Morgan fingerprint density at radius 1 is 0.971 bits per heavy atom. The number of aromatic carboxylic acids is 1. The van der Waals surface area contributed by atoms with Crippen LogP contribution in [0.3, 0.4) is 0 Å². The van der Waals surface area contributed by atoms with Crippen molar-refractivity contribution < 1.29 is 33.5 Å². The number of carbonyl (C=O) groups is 3. The zero-order valence-corrected chi connectivity index (χ0v) is 18.9. The highest BCUT2D eigenvalue weighted by molar-refractivity contribution is 5.85. The van der Waals surface area contributed by atoms with Crippen LogP contribution in [0, 0.1) is 0 Å². The number of hydrogen-bond acceptors (Lipinski definition) is 7. The third-order valence-electron chi connectivity index (χ3n) is 5.57. The Morgan fingerprint density at radius 2 is 1.66 bits per heavy atom. The summed E-state index contributed by atoms with van der Waals surface area (Å²) in [5, 5.41) is 17.4. The van der Waals surface area contributed by atoms with E-state index >= 15 is 0 Å². The van der Waals surface area contributed by atoms with E-state index < -0.39 is 12.1 Å². The number of alkyl carbamates (subject to hydrolysis) is 1. The summed E-state index contributed by atoms with van der Waals surface area (Å²) in [5.74, 6) is -1.26. The van der Waals surface area contributed by atoms with Crippen LogP contribution in [0.15, 0.2) is 59.1 Å². The second kappa shape index (κ2) is 11.3. The van der Waals surface area contributed by atoms with Gasteiger partial charge in [-0.2, -0.15) is 0 Å². The molecule has 1 aliphatic carbocycles. The van der Waals surface area contributed by atoms with Gasteiger partial charge < -0.3 is 29.7 Å². The summed E-state index contributed by atoms with van der Waals surface area (Å²) in [6.07, 6.45) is -0.425. The van der Waals surface area contributed by atoms with Gasteiger partial charge in [-0.1, -0.05) is 53.7 Å². The quantitative estimate of drug-likeness (QED) is 0.357. The molecule has 0 unspecified atom stereocenters. The van der Waals surface area contributed by atoms with E-state index in [0.29, 0.717) is 0 Å². The van der Waals surface area contributed by atoms with E-state index in [1.807, 2.05) is 24.3 Å². The van der Waals surface area contributed by atoms with Crippen LogP contribution in [0.2, 0.25) is 0 Å². The number of hydrogen-bond donors (Lipinski definition) is 3. The van der Waals surface area contributed by atoms with Crippen molar-refractivity contribution in [3.63, 3.8) is 0 Å². The van der Waals surface area contributed by atoms with E-state index in [-0.39, 0.29) is 62.6 Å². The van der Waals surface area contributed by atoms with Gasteiger partial charge in [0.15, 0.2) is 11.5 Å².